The molecule has 10 nitrogen and oxygen atoms in total. The largest absolute Gasteiger partial charge is 0.495 e. The molecule has 0 atom stereocenters. The molecule has 1 aliphatic rings. The molecule has 0 bridgehead atoms. The zero-order valence-electron chi connectivity index (χ0n) is 22.1. The number of halogens is 1. The first-order chi connectivity index (χ1) is 18.4. The molecule has 2 heterocycles. The van der Waals surface area contributed by atoms with Crippen molar-refractivity contribution >= 4 is 57.6 Å². The van der Waals surface area contributed by atoms with Gasteiger partial charge in [-0.2, -0.15) is 4.98 Å². The number of benzene rings is 2. The van der Waals surface area contributed by atoms with Gasteiger partial charge in [0.25, 0.3) is 5.91 Å². The Morgan fingerprint density at radius 1 is 1.10 bits per heavy atom. The molecule has 1 fully saturated rings. The Bertz CT molecular complexity index is 1540. The standard InChI is InChI=1S/C26H31ClN5O5PS/c1-17(2)39(35,36)23-8-6-5-7-21(23)29-24-19(27)16-28-26(31-24)30-20-10-9-18(15-22(20)37-3)25(33)32-11-13-38(4,34)14-12-32/h5-10,15-17H,11-14H2,1-4H3,(H2,28,29,30,31). The fraction of sp³-hybridized carbons (Fsp3) is 0.346. The summed E-state index contributed by atoms with van der Waals surface area (Å²) in [5.74, 6) is 0.645. The minimum absolute atomic E-state index is 0.140. The van der Waals surface area contributed by atoms with Gasteiger partial charge in [0.05, 0.1) is 42.0 Å². The van der Waals surface area contributed by atoms with Crippen LogP contribution in [0.5, 0.6) is 5.75 Å². The molecular weight excluding hydrogens is 561 g/mol. The van der Waals surface area contributed by atoms with E-state index < -0.39 is 22.2 Å². The second-order valence-corrected chi connectivity index (χ2v) is 16.0. The van der Waals surface area contributed by atoms with Crippen molar-refractivity contribution in [3.8, 4) is 5.75 Å². The van der Waals surface area contributed by atoms with Crippen LogP contribution in [0.25, 0.3) is 0 Å². The van der Waals surface area contributed by atoms with Crippen LogP contribution in [0.15, 0.2) is 53.6 Å². The van der Waals surface area contributed by atoms with Gasteiger partial charge < -0.3 is 24.8 Å². The molecule has 1 aromatic heterocycles. The van der Waals surface area contributed by atoms with Crippen molar-refractivity contribution in [1.29, 1.82) is 0 Å². The second kappa shape index (κ2) is 11.5. The SMILES string of the molecule is COc1cc(C(=O)N2CCP(C)(=O)CC2)ccc1Nc1ncc(Cl)c(Nc2ccccc2S(=O)(=O)C(C)C)n1. The highest BCUT2D eigenvalue weighted by Crippen LogP contribution is 2.43. The third kappa shape index (κ3) is 6.54. The number of carbonyl (C=O) groups excluding carboxylic acids is 1. The van der Waals surface area contributed by atoms with Gasteiger partial charge in [0, 0.05) is 31.0 Å². The lowest BCUT2D eigenvalue weighted by atomic mass is 10.1. The highest BCUT2D eigenvalue weighted by Gasteiger charge is 2.28. The minimum atomic E-state index is -3.56. The second-order valence-electron chi connectivity index (χ2n) is 9.68. The number of amides is 1. The number of carbonyl (C=O) groups is 1. The molecule has 2 aromatic carbocycles. The molecule has 4 rings (SSSR count). The van der Waals surface area contributed by atoms with Crippen molar-refractivity contribution in [2.75, 3.05) is 49.8 Å². The number of nitrogens with one attached hydrogen (secondary N) is 2. The van der Waals surface area contributed by atoms with Crippen LogP contribution in [-0.2, 0) is 14.4 Å². The minimum Gasteiger partial charge on any atom is -0.495 e. The van der Waals surface area contributed by atoms with E-state index in [0.717, 1.165) is 0 Å². The average Bonchev–Trinajstić information content (AvgIpc) is 2.90. The normalized spacial score (nSPS) is 15.2. The molecule has 39 heavy (non-hydrogen) atoms. The van der Waals surface area contributed by atoms with E-state index >= 15 is 0 Å². The van der Waals surface area contributed by atoms with Gasteiger partial charge in [-0.3, -0.25) is 4.79 Å². The van der Waals surface area contributed by atoms with Crippen molar-refractivity contribution in [3.63, 3.8) is 0 Å². The van der Waals surface area contributed by atoms with Crippen molar-refractivity contribution in [1.82, 2.24) is 14.9 Å². The Kier molecular flexibility index (Phi) is 8.54. The lowest BCUT2D eigenvalue weighted by Gasteiger charge is -2.30. The average molecular weight is 592 g/mol. The highest BCUT2D eigenvalue weighted by molar-refractivity contribution is 7.92. The lowest BCUT2D eigenvalue weighted by molar-refractivity contribution is 0.0769. The summed E-state index contributed by atoms with van der Waals surface area (Å²) in [6.07, 6.45) is 2.44. The number of para-hydroxylation sites is 1. The maximum absolute atomic E-state index is 13.0. The van der Waals surface area contributed by atoms with E-state index in [0.29, 0.717) is 48.1 Å². The molecule has 0 radical (unpaired) electrons. The van der Waals surface area contributed by atoms with Crippen LogP contribution in [0.2, 0.25) is 5.02 Å². The van der Waals surface area contributed by atoms with Crippen LogP contribution in [0, 0.1) is 0 Å². The molecule has 3 aromatic rings. The molecule has 1 amide bonds. The number of ether oxygens (including phenoxy) is 1. The summed E-state index contributed by atoms with van der Waals surface area (Å²) in [4.78, 5) is 23.5. The summed E-state index contributed by atoms with van der Waals surface area (Å²) in [6, 6.07) is 11.5. The first kappa shape index (κ1) is 28.9. The van der Waals surface area contributed by atoms with E-state index in [9.17, 15) is 17.8 Å². The number of nitrogens with zero attached hydrogens (tertiary/aromatic N) is 3. The molecule has 0 spiro atoms. The summed E-state index contributed by atoms with van der Waals surface area (Å²) >= 11 is 6.33. The van der Waals surface area contributed by atoms with E-state index in [1.807, 2.05) is 0 Å². The van der Waals surface area contributed by atoms with Crippen molar-refractivity contribution in [3.05, 3.63) is 59.2 Å². The summed E-state index contributed by atoms with van der Waals surface area (Å²) in [5.41, 5.74) is 1.31. The van der Waals surface area contributed by atoms with E-state index in [2.05, 4.69) is 20.6 Å². The molecule has 2 N–H and O–H groups in total. The highest BCUT2D eigenvalue weighted by atomic mass is 35.5. The van der Waals surface area contributed by atoms with Crippen LogP contribution in [0.4, 0.5) is 23.1 Å². The van der Waals surface area contributed by atoms with Gasteiger partial charge in [0.15, 0.2) is 15.7 Å². The number of sulfone groups is 1. The van der Waals surface area contributed by atoms with E-state index in [1.165, 1.54) is 19.4 Å². The summed E-state index contributed by atoms with van der Waals surface area (Å²) in [6.45, 7) is 5.95. The Morgan fingerprint density at radius 2 is 1.79 bits per heavy atom. The smallest absolute Gasteiger partial charge is 0.254 e. The van der Waals surface area contributed by atoms with E-state index in [4.69, 9.17) is 16.3 Å². The molecule has 1 saturated heterocycles. The molecule has 0 saturated carbocycles. The zero-order valence-corrected chi connectivity index (χ0v) is 24.6. The third-order valence-electron chi connectivity index (χ3n) is 6.48. The van der Waals surface area contributed by atoms with E-state index in [-0.39, 0.29) is 27.6 Å². The molecule has 0 unspecified atom stereocenters. The maximum atomic E-state index is 13.0. The molecular formula is C26H31ClN5O5PS. The fourth-order valence-electron chi connectivity index (χ4n) is 4.04. The first-order valence-electron chi connectivity index (χ1n) is 12.3. The molecule has 13 heteroatoms. The monoisotopic (exact) mass is 591 g/mol. The Hall–Kier alpha value is -3.14. The van der Waals surface area contributed by atoms with Crippen molar-refractivity contribution in [2.45, 2.75) is 24.0 Å². The topological polar surface area (TPSA) is 131 Å². The van der Waals surface area contributed by atoms with Gasteiger partial charge in [0.2, 0.25) is 5.95 Å². The van der Waals surface area contributed by atoms with Crippen LogP contribution >= 0.6 is 18.7 Å². The first-order valence-corrected chi connectivity index (χ1v) is 16.8. The fourth-order valence-corrected chi connectivity index (χ4v) is 6.93. The summed E-state index contributed by atoms with van der Waals surface area (Å²) < 4.78 is 43.5. The quantitative estimate of drug-likeness (QED) is 0.337. The van der Waals surface area contributed by atoms with E-state index in [1.54, 1.807) is 61.8 Å². The third-order valence-corrected chi connectivity index (χ3v) is 11.3. The number of hydrogen-bond donors (Lipinski definition) is 2. The number of hydrogen-bond acceptors (Lipinski definition) is 9. The molecule has 208 valence electrons. The molecule has 0 aliphatic carbocycles. The van der Waals surface area contributed by atoms with Crippen LogP contribution in [0.1, 0.15) is 24.2 Å². The van der Waals surface area contributed by atoms with Crippen LogP contribution in [0.3, 0.4) is 0 Å². The van der Waals surface area contributed by atoms with Crippen molar-refractivity contribution < 1.29 is 22.5 Å². The summed E-state index contributed by atoms with van der Waals surface area (Å²) in [7, 11) is -4.22. The van der Waals surface area contributed by atoms with Gasteiger partial charge in [-0.1, -0.05) is 23.7 Å². The zero-order chi connectivity index (χ0) is 28.4. The number of aromatic nitrogens is 2. The number of methoxy groups -OCH3 is 1. The van der Waals surface area contributed by atoms with Gasteiger partial charge >= 0.3 is 0 Å². The molecule has 1 aliphatic heterocycles. The summed E-state index contributed by atoms with van der Waals surface area (Å²) in [5, 5.41) is 5.68. The predicted molar refractivity (Wildman–Crippen MR) is 155 cm³/mol. The number of rotatable bonds is 8. The van der Waals surface area contributed by atoms with Gasteiger partial charge in [-0.05, 0) is 50.8 Å². The van der Waals surface area contributed by atoms with Crippen molar-refractivity contribution in [2.24, 2.45) is 0 Å². The van der Waals surface area contributed by atoms with Gasteiger partial charge in [-0.25, -0.2) is 13.4 Å². The van der Waals surface area contributed by atoms with Crippen LogP contribution in [-0.4, -0.2) is 73.6 Å². The number of anilines is 4. The van der Waals surface area contributed by atoms with Crippen LogP contribution < -0.4 is 15.4 Å². The van der Waals surface area contributed by atoms with Gasteiger partial charge in [-0.15, -0.1) is 0 Å². The Labute approximate surface area is 233 Å². The predicted octanol–water partition coefficient (Wildman–Crippen LogP) is 5.26. The Balaban J connectivity index is 1.56. The maximum Gasteiger partial charge on any atom is 0.254 e. The van der Waals surface area contributed by atoms with Gasteiger partial charge in [0.1, 0.15) is 10.8 Å². The lowest BCUT2D eigenvalue weighted by Crippen LogP contribution is -2.39. The Morgan fingerprint density at radius 3 is 2.46 bits per heavy atom.